The van der Waals surface area contributed by atoms with Crippen LogP contribution in [0.15, 0.2) is 18.2 Å². The van der Waals surface area contributed by atoms with Crippen LogP contribution in [0.2, 0.25) is 0 Å². The van der Waals surface area contributed by atoms with Gasteiger partial charge in [0.25, 0.3) is 0 Å². The SMILES string of the molecule is Cc1cc(NCC(CC(C)C)C(=O)O)ccc1C#N. The van der Waals surface area contributed by atoms with Crippen molar-refractivity contribution in [2.24, 2.45) is 11.8 Å². The van der Waals surface area contributed by atoms with Crippen LogP contribution in [0, 0.1) is 30.1 Å². The third-order valence-electron chi connectivity index (χ3n) is 3.00. The van der Waals surface area contributed by atoms with E-state index in [0.29, 0.717) is 24.4 Å². The largest absolute Gasteiger partial charge is 0.481 e. The van der Waals surface area contributed by atoms with E-state index in [2.05, 4.69) is 11.4 Å². The van der Waals surface area contributed by atoms with Gasteiger partial charge in [0, 0.05) is 12.2 Å². The number of carboxylic acids is 1. The summed E-state index contributed by atoms with van der Waals surface area (Å²) >= 11 is 0. The number of benzene rings is 1. The Hall–Kier alpha value is -2.02. The van der Waals surface area contributed by atoms with Crippen LogP contribution in [-0.4, -0.2) is 17.6 Å². The van der Waals surface area contributed by atoms with Gasteiger partial charge in [0.15, 0.2) is 0 Å². The van der Waals surface area contributed by atoms with E-state index >= 15 is 0 Å². The fourth-order valence-electron chi connectivity index (χ4n) is 1.98. The zero-order valence-corrected chi connectivity index (χ0v) is 11.6. The van der Waals surface area contributed by atoms with Gasteiger partial charge in [0.2, 0.25) is 0 Å². The number of nitrogens with zero attached hydrogens (tertiary/aromatic N) is 1. The summed E-state index contributed by atoms with van der Waals surface area (Å²) in [7, 11) is 0. The molecule has 1 rings (SSSR count). The molecule has 0 aliphatic carbocycles. The number of anilines is 1. The second kappa shape index (κ2) is 6.79. The van der Waals surface area contributed by atoms with Gasteiger partial charge in [-0.2, -0.15) is 5.26 Å². The van der Waals surface area contributed by atoms with Crippen LogP contribution < -0.4 is 5.32 Å². The second-order valence-electron chi connectivity index (χ2n) is 5.19. The van der Waals surface area contributed by atoms with E-state index in [1.54, 1.807) is 12.1 Å². The molecule has 0 bridgehead atoms. The van der Waals surface area contributed by atoms with E-state index in [4.69, 9.17) is 10.4 Å². The molecule has 0 aliphatic heterocycles. The molecule has 0 spiro atoms. The Labute approximate surface area is 114 Å². The van der Waals surface area contributed by atoms with Gasteiger partial charge in [-0.15, -0.1) is 0 Å². The van der Waals surface area contributed by atoms with E-state index in [-0.39, 0.29) is 0 Å². The summed E-state index contributed by atoms with van der Waals surface area (Å²) in [5.41, 5.74) is 2.39. The Balaban J connectivity index is 2.67. The first kappa shape index (κ1) is 15.0. The lowest BCUT2D eigenvalue weighted by Gasteiger charge is -2.16. The molecule has 0 fully saturated rings. The topological polar surface area (TPSA) is 73.1 Å². The minimum Gasteiger partial charge on any atom is -0.481 e. The van der Waals surface area contributed by atoms with Crippen molar-refractivity contribution in [2.45, 2.75) is 27.2 Å². The first-order valence-electron chi connectivity index (χ1n) is 6.41. The molecule has 0 amide bonds. The number of rotatable bonds is 6. The van der Waals surface area contributed by atoms with Crippen LogP contribution in [0.4, 0.5) is 5.69 Å². The lowest BCUT2D eigenvalue weighted by atomic mass is 9.97. The summed E-state index contributed by atoms with van der Waals surface area (Å²) in [6.07, 6.45) is 0.650. The summed E-state index contributed by atoms with van der Waals surface area (Å²) in [4.78, 5) is 11.1. The molecule has 102 valence electrons. The van der Waals surface area contributed by atoms with Crippen LogP contribution in [-0.2, 0) is 4.79 Å². The van der Waals surface area contributed by atoms with Crippen molar-refractivity contribution < 1.29 is 9.90 Å². The second-order valence-corrected chi connectivity index (χ2v) is 5.19. The number of aryl methyl sites for hydroxylation is 1. The number of aliphatic carboxylic acids is 1. The highest BCUT2D eigenvalue weighted by molar-refractivity contribution is 5.71. The average molecular weight is 260 g/mol. The highest BCUT2D eigenvalue weighted by Crippen LogP contribution is 2.17. The van der Waals surface area contributed by atoms with Gasteiger partial charge in [-0.1, -0.05) is 13.8 Å². The van der Waals surface area contributed by atoms with Crippen LogP contribution in [0.25, 0.3) is 0 Å². The van der Waals surface area contributed by atoms with Crippen molar-refractivity contribution in [3.63, 3.8) is 0 Å². The molecule has 4 nitrogen and oxygen atoms in total. The quantitative estimate of drug-likeness (QED) is 0.824. The minimum absolute atomic E-state index is 0.352. The van der Waals surface area contributed by atoms with Crippen molar-refractivity contribution >= 4 is 11.7 Å². The van der Waals surface area contributed by atoms with E-state index in [0.717, 1.165) is 11.3 Å². The molecule has 0 heterocycles. The summed E-state index contributed by atoms with van der Waals surface area (Å²) in [5.74, 6) is -0.812. The molecule has 2 N–H and O–H groups in total. The predicted octanol–water partition coefficient (Wildman–Crippen LogP) is 3.03. The maximum Gasteiger partial charge on any atom is 0.308 e. The Morgan fingerprint density at radius 1 is 1.47 bits per heavy atom. The first-order valence-corrected chi connectivity index (χ1v) is 6.41. The van der Waals surface area contributed by atoms with Crippen molar-refractivity contribution in [3.8, 4) is 6.07 Å². The van der Waals surface area contributed by atoms with Crippen molar-refractivity contribution in [1.82, 2.24) is 0 Å². The van der Waals surface area contributed by atoms with Gasteiger partial charge in [0.1, 0.15) is 0 Å². The maximum absolute atomic E-state index is 11.1. The summed E-state index contributed by atoms with van der Waals surface area (Å²) in [5, 5.41) is 21.1. The standard InChI is InChI=1S/C15H20N2O2/c1-10(2)6-13(15(18)19)9-17-14-5-4-12(8-16)11(3)7-14/h4-5,7,10,13,17H,6,9H2,1-3H3,(H,18,19). The minimum atomic E-state index is -0.772. The van der Waals surface area contributed by atoms with Gasteiger partial charge in [-0.05, 0) is 43.0 Å². The highest BCUT2D eigenvalue weighted by atomic mass is 16.4. The Bertz CT molecular complexity index is 489. The zero-order valence-electron chi connectivity index (χ0n) is 11.6. The van der Waals surface area contributed by atoms with Crippen LogP contribution in [0.3, 0.4) is 0 Å². The molecule has 1 unspecified atom stereocenters. The molecule has 0 saturated carbocycles. The normalized spacial score (nSPS) is 11.9. The number of hydrogen-bond donors (Lipinski definition) is 2. The van der Waals surface area contributed by atoms with Crippen molar-refractivity contribution in [1.29, 1.82) is 5.26 Å². The average Bonchev–Trinajstić information content (AvgIpc) is 2.34. The van der Waals surface area contributed by atoms with E-state index in [1.807, 2.05) is 26.8 Å². The number of hydrogen-bond acceptors (Lipinski definition) is 3. The summed E-state index contributed by atoms with van der Waals surface area (Å²) < 4.78 is 0. The van der Waals surface area contributed by atoms with Crippen molar-refractivity contribution in [3.05, 3.63) is 29.3 Å². The highest BCUT2D eigenvalue weighted by Gasteiger charge is 2.18. The molecule has 4 heteroatoms. The Kier molecular flexibility index (Phi) is 5.37. The van der Waals surface area contributed by atoms with Gasteiger partial charge in [-0.3, -0.25) is 4.79 Å². The van der Waals surface area contributed by atoms with Gasteiger partial charge in [-0.25, -0.2) is 0 Å². The lowest BCUT2D eigenvalue weighted by Crippen LogP contribution is -2.24. The maximum atomic E-state index is 11.1. The lowest BCUT2D eigenvalue weighted by molar-refractivity contribution is -0.141. The van der Waals surface area contributed by atoms with Gasteiger partial charge in [0.05, 0.1) is 17.6 Å². The fourth-order valence-corrected chi connectivity index (χ4v) is 1.98. The Morgan fingerprint density at radius 3 is 2.63 bits per heavy atom. The van der Waals surface area contributed by atoms with Gasteiger partial charge >= 0.3 is 5.97 Å². The third-order valence-corrected chi connectivity index (χ3v) is 3.00. The third kappa shape index (κ3) is 4.63. The molecule has 0 saturated heterocycles. The first-order chi connectivity index (χ1) is 8.93. The monoisotopic (exact) mass is 260 g/mol. The number of nitrogens with one attached hydrogen (secondary N) is 1. The molecule has 0 aliphatic rings. The Morgan fingerprint density at radius 2 is 2.16 bits per heavy atom. The van der Waals surface area contributed by atoms with Crippen molar-refractivity contribution in [2.75, 3.05) is 11.9 Å². The van der Waals surface area contributed by atoms with E-state index in [9.17, 15) is 4.79 Å². The molecule has 0 radical (unpaired) electrons. The number of carbonyl (C=O) groups is 1. The molecule has 19 heavy (non-hydrogen) atoms. The zero-order chi connectivity index (χ0) is 14.4. The van der Waals surface area contributed by atoms with E-state index < -0.39 is 11.9 Å². The van der Waals surface area contributed by atoms with Crippen LogP contribution in [0.1, 0.15) is 31.4 Å². The molecule has 1 aromatic carbocycles. The summed E-state index contributed by atoms with van der Waals surface area (Å²) in [6.45, 7) is 6.30. The number of carboxylic acid groups (broad SMARTS) is 1. The molecule has 1 atom stereocenters. The fraction of sp³-hybridized carbons (Fsp3) is 0.467. The molecular formula is C15H20N2O2. The predicted molar refractivity (Wildman–Crippen MR) is 75.0 cm³/mol. The molecule has 0 aromatic heterocycles. The smallest absolute Gasteiger partial charge is 0.308 e. The molecular weight excluding hydrogens is 240 g/mol. The number of nitriles is 1. The van der Waals surface area contributed by atoms with Gasteiger partial charge < -0.3 is 10.4 Å². The molecule has 1 aromatic rings. The van der Waals surface area contributed by atoms with Crippen LogP contribution in [0.5, 0.6) is 0 Å². The van der Waals surface area contributed by atoms with E-state index in [1.165, 1.54) is 0 Å². The summed E-state index contributed by atoms with van der Waals surface area (Å²) in [6, 6.07) is 7.53. The van der Waals surface area contributed by atoms with Crippen LogP contribution >= 0.6 is 0 Å².